The van der Waals surface area contributed by atoms with Crippen LogP contribution in [-0.2, 0) is 13.0 Å². The van der Waals surface area contributed by atoms with Crippen LogP contribution in [0, 0.1) is 0 Å². The van der Waals surface area contributed by atoms with Crippen molar-refractivity contribution in [1.29, 1.82) is 0 Å². The molecule has 0 unspecified atom stereocenters. The highest BCUT2D eigenvalue weighted by Crippen LogP contribution is 2.19. The highest BCUT2D eigenvalue weighted by molar-refractivity contribution is 5.89. The van der Waals surface area contributed by atoms with E-state index in [0.29, 0.717) is 6.54 Å². The van der Waals surface area contributed by atoms with Crippen molar-refractivity contribution in [2.45, 2.75) is 19.4 Å². The zero-order chi connectivity index (χ0) is 13.8. The molecule has 3 rings (SSSR count). The average molecular weight is 266 g/mol. The van der Waals surface area contributed by atoms with Gasteiger partial charge in [-0.05, 0) is 36.1 Å². The Morgan fingerprint density at radius 3 is 2.45 bits per heavy atom. The molecule has 0 atom stereocenters. The van der Waals surface area contributed by atoms with E-state index in [4.69, 9.17) is 0 Å². The Kier molecular flexibility index (Phi) is 3.68. The van der Waals surface area contributed by atoms with Crippen LogP contribution in [0.1, 0.15) is 17.5 Å². The highest BCUT2D eigenvalue weighted by atomic mass is 16.2. The summed E-state index contributed by atoms with van der Waals surface area (Å²) in [4.78, 5) is 14.2. The third-order valence-electron chi connectivity index (χ3n) is 3.67. The molecule has 20 heavy (non-hydrogen) atoms. The summed E-state index contributed by atoms with van der Waals surface area (Å²) in [5.41, 5.74) is 3.46. The molecule has 1 N–H and O–H groups in total. The van der Waals surface area contributed by atoms with E-state index in [1.807, 2.05) is 41.3 Å². The number of urea groups is 1. The quantitative estimate of drug-likeness (QED) is 0.839. The monoisotopic (exact) mass is 266 g/mol. The van der Waals surface area contributed by atoms with Gasteiger partial charge < -0.3 is 10.2 Å². The van der Waals surface area contributed by atoms with Gasteiger partial charge in [0.15, 0.2) is 0 Å². The zero-order valence-electron chi connectivity index (χ0n) is 11.4. The molecule has 0 bridgehead atoms. The summed E-state index contributed by atoms with van der Waals surface area (Å²) in [6, 6.07) is 18.0. The number of benzene rings is 2. The SMILES string of the molecule is O=C(Nc1ccccc1)N1CCCc2ccccc2C1. The summed E-state index contributed by atoms with van der Waals surface area (Å²) >= 11 is 0. The van der Waals surface area contributed by atoms with Crippen LogP contribution in [-0.4, -0.2) is 17.5 Å². The topological polar surface area (TPSA) is 32.3 Å². The number of aryl methyl sites for hydroxylation is 1. The number of amides is 2. The summed E-state index contributed by atoms with van der Waals surface area (Å²) in [5, 5.41) is 2.96. The molecule has 2 aromatic rings. The lowest BCUT2D eigenvalue weighted by Crippen LogP contribution is -2.34. The largest absolute Gasteiger partial charge is 0.322 e. The van der Waals surface area contributed by atoms with E-state index in [9.17, 15) is 4.79 Å². The number of rotatable bonds is 1. The van der Waals surface area contributed by atoms with Crippen LogP contribution in [0.4, 0.5) is 10.5 Å². The molecule has 3 heteroatoms. The molecule has 3 nitrogen and oxygen atoms in total. The lowest BCUT2D eigenvalue weighted by atomic mass is 10.0. The van der Waals surface area contributed by atoms with Gasteiger partial charge in [-0.1, -0.05) is 42.5 Å². The molecule has 2 amide bonds. The Morgan fingerprint density at radius 2 is 1.65 bits per heavy atom. The molecule has 0 saturated carbocycles. The lowest BCUT2D eigenvalue weighted by molar-refractivity contribution is 0.210. The van der Waals surface area contributed by atoms with Crippen LogP contribution in [0.3, 0.4) is 0 Å². The van der Waals surface area contributed by atoms with Crippen LogP contribution in [0.5, 0.6) is 0 Å². The third kappa shape index (κ3) is 2.82. The maximum Gasteiger partial charge on any atom is 0.322 e. The van der Waals surface area contributed by atoms with Gasteiger partial charge in [0.05, 0.1) is 0 Å². The van der Waals surface area contributed by atoms with Gasteiger partial charge in [0.2, 0.25) is 0 Å². The van der Waals surface area contributed by atoms with Crippen LogP contribution < -0.4 is 5.32 Å². The van der Waals surface area contributed by atoms with Crippen molar-refractivity contribution in [2.75, 3.05) is 11.9 Å². The van der Waals surface area contributed by atoms with Gasteiger partial charge in [0, 0.05) is 18.8 Å². The first-order valence-corrected chi connectivity index (χ1v) is 7.01. The summed E-state index contributed by atoms with van der Waals surface area (Å²) < 4.78 is 0. The molecular weight excluding hydrogens is 248 g/mol. The molecule has 2 aromatic carbocycles. The van der Waals surface area contributed by atoms with Crippen molar-refractivity contribution in [3.05, 3.63) is 65.7 Å². The van der Waals surface area contributed by atoms with Gasteiger partial charge in [0.1, 0.15) is 0 Å². The first-order chi connectivity index (χ1) is 9.83. The normalized spacial score (nSPS) is 14.3. The maximum absolute atomic E-state index is 12.3. The minimum atomic E-state index is -0.0205. The molecule has 102 valence electrons. The van der Waals surface area contributed by atoms with Gasteiger partial charge in [-0.2, -0.15) is 0 Å². The minimum Gasteiger partial charge on any atom is -0.320 e. The fourth-order valence-electron chi connectivity index (χ4n) is 2.60. The van der Waals surface area contributed by atoms with Crippen molar-refractivity contribution in [3.8, 4) is 0 Å². The highest BCUT2D eigenvalue weighted by Gasteiger charge is 2.18. The molecule has 0 fully saturated rings. The number of hydrogen-bond acceptors (Lipinski definition) is 1. The van der Waals surface area contributed by atoms with Gasteiger partial charge in [0.25, 0.3) is 0 Å². The fourth-order valence-corrected chi connectivity index (χ4v) is 2.60. The zero-order valence-corrected chi connectivity index (χ0v) is 11.4. The number of fused-ring (bicyclic) bond motifs is 1. The van der Waals surface area contributed by atoms with Crippen molar-refractivity contribution < 1.29 is 4.79 Å². The van der Waals surface area contributed by atoms with Crippen LogP contribution in [0.15, 0.2) is 54.6 Å². The van der Waals surface area contributed by atoms with E-state index in [0.717, 1.165) is 25.1 Å². The molecule has 0 aromatic heterocycles. The summed E-state index contributed by atoms with van der Waals surface area (Å²) in [6.07, 6.45) is 2.06. The summed E-state index contributed by atoms with van der Waals surface area (Å²) in [5.74, 6) is 0. The fraction of sp³-hybridized carbons (Fsp3) is 0.235. The first kappa shape index (κ1) is 12.7. The second kappa shape index (κ2) is 5.78. The number of carbonyl (C=O) groups is 1. The van der Waals surface area contributed by atoms with Crippen molar-refractivity contribution in [2.24, 2.45) is 0 Å². The molecule has 1 heterocycles. The Balaban J connectivity index is 1.73. The van der Waals surface area contributed by atoms with Crippen molar-refractivity contribution >= 4 is 11.7 Å². The number of carbonyl (C=O) groups excluding carboxylic acids is 1. The van der Waals surface area contributed by atoms with Crippen molar-refractivity contribution in [1.82, 2.24) is 4.90 Å². The van der Waals surface area contributed by atoms with E-state index in [1.165, 1.54) is 11.1 Å². The predicted octanol–water partition coefficient (Wildman–Crippen LogP) is 3.67. The van der Waals surface area contributed by atoms with Crippen LogP contribution in [0.25, 0.3) is 0 Å². The maximum atomic E-state index is 12.3. The number of para-hydroxylation sites is 1. The van der Waals surface area contributed by atoms with Gasteiger partial charge >= 0.3 is 6.03 Å². The Morgan fingerprint density at radius 1 is 0.950 bits per heavy atom. The van der Waals surface area contributed by atoms with Gasteiger partial charge in [-0.15, -0.1) is 0 Å². The Bertz CT molecular complexity index is 595. The summed E-state index contributed by atoms with van der Waals surface area (Å²) in [7, 11) is 0. The smallest absolute Gasteiger partial charge is 0.320 e. The first-order valence-electron chi connectivity index (χ1n) is 7.01. The standard InChI is InChI=1S/C17H18N2O/c20-17(18-16-10-2-1-3-11-16)19-12-6-9-14-7-4-5-8-15(14)13-19/h1-5,7-8,10-11H,6,9,12-13H2,(H,18,20). The average Bonchev–Trinajstić information content (AvgIpc) is 2.70. The van der Waals surface area contributed by atoms with E-state index in [2.05, 4.69) is 23.5 Å². The van der Waals surface area contributed by atoms with Crippen molar-refractivity contribution in [3.63, 3.8) is 0 Å². The predicted molar refractivity (Wildman–Crippen MR) is 80.6 cm³/mol. The molecule has 0 saturated heterocycles. The second-order valence-corrected chi connectivity index (χ2v) is 5.09. The van der Waals surface area contributed by atoms with Gasteiger partial charge in [-0.3, -0.25) is 0 Å². The second-order valence-electron chi connectivity index (χ2n) is 5.09. The number of nitrogens with one attached hydrogen (secondary N) is 1. The number of anilines is 1. The molecule has 0 radical (unpaired) electrons. The van der Waals surface area contributed by atoms with Gasteiger partial charge in [-0.25, -0.2) is 4.79 Å². The van der Waals surface area contributed by atoms with Crippen LogP contribution >= 0.6 is 0 Å². The van der Waals surface area contributed by atoms with E-state index in [1.54, 1.807) is 0 Å². The Labute approximate surface area is 119 Å². The molecular formula is C17H18N2O. The number of hydrogen-bond donors (Lipinski definition) is 1. The lowest BCUT2D eigenvalue weighted by Gasteiger charge is -2.21. The molecule has 0 spiro atoms. The number of nitrogens with zero attached hydrogens (tertiary/aromatic N) is 1. The Hall–Kier alpha value is -2.29. The van der Waals surface area contributed by atoms with E-state index >= 15 is 0 Å². The minimum absolute atomic E-state index is 0.0205. The van der Waals surface area contributed by atoms with E-state index in [-0.39, 0.29) is 6.03 Å². The summed E-state index contributed by atoms with van der Waals surface area (Å²) in [6.45, 7) is 1.49. The molecule has 1 aliphatic rings. The molecule has 1 aliphatic heterocycles. The third-order valence-corrected chi connectivity index (χ3v) is 3.67. The van der Waals surface area contributed by atoms with Crippen LogP contribution in [0.2, 0.25) is 0 Å². The molecule has 0 aliphatic carbocycles. The van der Waals surface area contributed by atoms with E-state index < -0.39 is 0 Å².